The van der Waals surface area contributed by atoms with Crippen LogP contribution < -0.4 is 14.4 Å². The fourth-order valence-corrected chi connectivity index (χ4v) is 7.05. The quantitative estimate of drug-likeness (QED) is 0.254. The van der Waals surface area contributed by atoms with Crippen molar-refractivity contribution >= 4 is 44.8 Å². The minimum Gasteiger partial charge on any atom is -0.481 e. The number of amides is 1. The number of rotatable bonds is 10. The minimum atomic E-state index is -4.55. The largest absolute Gasteiger partial charge is 0.481 e. The van der Waals surface area contributed by atoms with Gasteiger partial charge in [0.05, 0.1) is 17.2 Å². The number of likely N-dealkylation sites (tertiary alicyclic amines) is 2. The molecule has 1 aromatic carbocycles. The second-order valence-electron chi connectivity index (χ2n) is 14.3. The third kappa shape index (κ3) is 9.03. The van der Waals surface area contributed by atoms with Gasteiger partial charge >= 0.3 is 18.3 Å². The van der Waals surface area contributed by atoms with Crippen LogP contribution in [-0.4, -0.2) is 109 Å². The molecule has 0 aliphatic carbocycles. The summed E-state index contributed by atoms with van der Waals surface area (Å²) in [4.78, 5) is 28.3. The highest BCUT2D eigenvalue weighted by atomic mass is 79.9. The Morgan fingerprint density at radius 1 is 1.12 bits per heavy atom. The Bertz CT molecular complexity index is 1460. The zero-order valence-corrected chi connectivity index (χ0v) is 30.1. The zero-order chi connectivity index (χ0) is 34.9. The molecule has 3 aliphatic rings. The topological polar surface area (TPSA) is 89.5 Å². The maximum atomic E-state index is 13.4. The van der Waals surface area contributed by atoms with Gasteiger partial charge in [-0.25, -0.2) is 4.79 Å². The Morgan fingerprint density at radius 2 is 1.79 bits per heavy atom. The number of piperidine rings is 2. The first kappa shape index (κ1) is 36.4. The molecule has 4 heterocycles. The molecule has 3 saturated heterocycles. The van der Waals surface area contributed by atoms with Gasteiger partial charge in [-0.15, -0.1) is 0 Å². The number of aromatic nitrogens is 2. The molecule has 1 spiro atoms. The molecule has 10 nitrogen and oxygen atoms in total. The summed E-state index contributed by atoms with van der Waals surface area (Å²) in [7, 11) is 0. The number of fused-ring (bicyclic) bond motifs is 1. The number of halogens is 4. The Morgan fingerprint density at radius 3 is 2.38 bits per heavy atom. The fourth-order valence-electron chi connectivity index (χ4n) is 6.47. The van der Waals surface area contributed by atoms with Gasteiger partial charge in [0.15, 0.2) is 12.4 Å². The molecule has 0 unspecified atom stereocenters. The molecule has 3 fully saturated rings. The van der Waals surface area contributed by atoms with Crippen LogP contribution in [0.25, 0.3) is 17.0 Å². The van der Waals surface area contributed by atoms with Gasteiger partial charge in [-0.3, -0.25) is 0 Å². The molecule has 0 N–H and O–H groups in total. The van der Waals surface area contributed by atoms with E-state index >= 15 is 0 Å². The number of nitrogens with zero attached hydrogens (tertiary/aromatic N) is 5. The van der Waals surface area contributed by atoms with Crippen molar-refractivity contribution in [3.05, 3.63) is 22.7 Å². The second-order valence-corrected chi connectivity index (χ2v) is 15.1. The van der Waals surface area contributed by atoms with Gasteiger partial charge in [-0.2, -0.15) is 23.1 Å². The molecule has 1 aromatic heterocycles. The van der Waals surface area contributed by atoms with Crippen LogP contribution >= 0.6 is 15.9 Å². The highest BCUT2D eigenvalue weighted by Gasteiger charge is 2.48. The van der Waals surface area contributed by atoms with E-state index in [1.54, 1.807) is 11.0 Å². The summed E-state index contributed by atoms with van der Waals surface area (Å²) in [5, 5.41) is 0.553. The lowest BCUT2D eigenvalue weighted by Crippen LogP contribution is -2.62. The average Bonchev–Trinajstić information content (AvgIpc) is 2.98. The van der Waals surface area contributed by atoms with Crippen molar-refractivity contribution in [2.45, 2.75) is 84.3 Å². The van der Waals surface area contributed by atoms with Crippen LogP contribution in [0.4, 0.5) is 23.8 Å². The number of benzene rings is 1. The molecule has 0 bridgehead atoms. The summed E-state index contributed by atoms with van der Waals surface area (Å²) >= 11 is 3.44. The summed E-state index contributed by atoms with van der Waals surface area (Å²) in [6.45, 7) is 17.7. The number of hydrogen-bond donors (Lipinski definition) is 0. The number of carbonyl (C=O) groups excluding carboxylic acids is 1. The number of anilines is 1. The fraction of sp³-hybridized carbons (Fsp3) is 0.676. The molecular formula is C34H47BrF3N5O5. The van der Waals surface area contributed by atoms with Crippen molar-refractivity contribution in [2.24, 2.45) is 5.41 Å². The lowest BCUT2D eigenvalue weighted by atomic mass is 9.72. The van der Waals surface area contributed by atoms with Gasteiger partial charge in [0.1, 0.15) is 23.0 Å². The molecule has 0 saturated carbocycles. The molecular weight excluding hydrogens is 695 g/mol. The van der Waals surface area contributed by atoms with Crippen LogP contribution in [0.5, 0.6) is 11.8 Å². The Balaban J connectivity index is 1.38. The number of carbonyl (C=O) groups is 1. The van der Waals surface area contributed by atoms with Crippen LogP contribution in [0.2, 0.25) is 0 Å². The molecule has 0 radical (unpaired) electrons. The van der Waals surface area contributed by atoms with Gasteiger partial charge in [0.25, 0.3) is 0 Å². The maximum absolute atomic E-state index is 13.4. The van der Waals surface area contributed by atoms with E-state index in [2.05, 4.69) is 37.3 Å². The van der Waals surface area contributed by atoms with Crippen molar-refractivity contribution in [1.29, 1.82) is 0 Å². The molecule has 48 heavy (non-hydrogen) atoms. The summed E-state index contributed by atoms with van der Waals surface area (Å²) in [6.07, 6.45) is -0.104. The second kappa shape index (κ2) is 14.6. The molecule has 5 rings (SSSR count). The summed E-state index contributed by atoms with van der Waals surface area (Å²) in [5.41, 5.74) is 0.228. The third-order valence-electron chi connectivity index (χ3n) is 8.97. The Kier molecular flexibility index (Phi) is 11.1. The molecule has 14 heteroatoms. The highest BCUT2D eigenvalue weighted by molar-refractivity contribution is 9.10. The average molecular weight is 743 g/mol. The SMILES string of the molecule is C=Cc1cc2c(N3CCC4(CC3)CN(C(=O)OC(C)(C)C)C4)nc(OC3CCN(CCOC(C)C)CC3)nc2c(OCC(F)(F)F)c1Br. The van der Waals surface area contributed by atoms with Crippen LogP contribution in [0.1, 0.15) is 65.9 Å². The van der Waals surface area contributed by atoms with Crippen molar-refractivity contribution in [2.75, 3.05) is 63.9 Å². The lowest BCUT2D eigenvalue weighted by molar-refractivity contribution is -0.153. The third-order valence-corrected chi connectivity index (χ3v) is 9.78. The lowest BCUT2D eigenvalue weighted by Gasteiger charge is -2.53. The Hall–Kier alpha value is -2.84. The zero-order valence-electron chi connectivity index (χ0n) is 28.5. The van der Waals surface area contributed by atoms with E-state index in [0.29, 0.717) is 54.0 Å². The van der Waals surface area contributed by atoms with Crippen LogP contribution in [-0.2, 0) is 9.47 Å². The Labute approximate surface area is 289 Å². The van der Waals surface area contributed by atoms with Gasteiger partial charge in [-0.1, -0.05) is 12.7 Å². The summed E-state index contributed by atoms with van der Waals surface area (Å²) in [6, 6.07) is 1.93. The van der Waals surface area contributed by atoms with Crippen molar-refractivity contribution in [3.63, 3.8) is 0 Å². The van der Waals surface area contributed by atoms with E-state index in [-0.39, 0.29) is 41.0 Å². The number of alkyl halides is 3. The molecule has 1 amide bonds. The predicted molar refractivity (Wildman–Crippen MR) is 182 cm³/mol. The van der Waals surface area contributed by atoms with Gasteiger partial charge in [0.2, 0.25) is 0 Å². The van der Waals surface area contributed by atoms with Gasteiger partial charge < -0.3 is 33.6 Å². The van der Waals surface area contributed by atoms with E-state index in [1.165, 1.54) is 0 Å². The molecule has 266 valence electrons. The smallest absolute Gasteiger partial charge is 0.422 e. The first-order valence-electron chi connectivity index (χ1n) is 16.6. The van der Waals surface area contributed by atoms with Gasteiger partial charge in [-0.05, 0) is 87.9 Å². The van der Waals surface area contributed by atoms with Crippen LogP contribution in [0, 0.1) is 5.41 Å². The van der Waals surface area contributed by atoms with Crippen molar-refractivity contribution in [1.82, 2.24) is 19.8 Å². The molecule has 3 aliphatic heterocycles. The first-order chi connectivity index (χ1) is 22.5. The predicted octanol–water partition coefficient (Wildman–Crippen LogP) is 7.08. The normalized spacial score (nSPS) is 19.1. The van der Waals surface area contributed by atoms with E-state index in [1.807, 2.05) is 40.7 Å². The first-order valence-corrected chi connectivity index (χ1v) is 17.4. The van der Waals surface area contributed by atoms with Crippen LogP contribution in [0.3, 0.4) is 0 Å². The minimum absolute atomic E-state index is 0.0139. The summed E-state index contributed by atoms with van der Waals surface area (Å²) in [5.74, 6) is 0.539. The van der Waals surface area contributed by atoms with Crippen LogP contribution in [0.15, 0.2) is 17.1 Å². The maximum Gasteiger partial charge on any atom is 0.422 e. The number of hydrogen-bond acceptors (Lipinski definition) is 9. The van der Waals surface area contributed by atoms with E-state index < -0.39 is 18.4 Å². The van der Waals surface area contributed by atoms with E-state index in [9.17, 15) is 18.0 Å². The highest BCUT2D eigenvalue weighted by Crippen LogP contribution is 2.45. The van der Waals surface area contributed by atoms with E-state index in [4.69, 9.17) is 23.9 Å². The standard InChI is InChI=1S/C34H47BrF3N5O5/c1-7-23-18-25-27(28(26(23)35)46-21-34(36,37)38)39-30(47-24-8-12-41(13-9-24)16-17-45-22(2)3)40-29(25)42-14-10-33(11-15-42)19-43(20-33)31(44)48-32(4,5)6/h7,18,22,24H,1,8-17,19-21H2,2-6H3. The van der Waals surface area contributed by atoms with Crippen molar-refractivity contribution < 1.29 is 36.9 Å². The number of ether oxygens (including phenoxy) is 4. The summed E-state index contributed by atoms with van der Waals surface area (Å²) < 4.78 is 63.4. The molecule has 2 aromatic rings. The van der Waals surface area contributed by atoms with Gasteiger partial charge in [0, 0.05) is 56.6 Å². The van der Waals surface area contributed by atoms with E-state index in [0.717, 1.165) is 45.3 Å². The monoisotopic (exact) mass is 741 g/mol. The molecule has 0 atom stereocenters. The van der Waals surface area contributed by atoms with Crippen molar-refractivity contribution in [3.8, 4) is 11.8 Å².